The van der Waals surface area contributed by atoms with Crippen LogP contribution in [-0.2, 0) is 13.8 Å². The lowest BCUT2D eigenvalue weighted by Crippen LogP contribution is -2.38. The fourth-order valence-electron chi connectivity index (χ4n) is 1.84. The largest absolute Gasteiger partial charge is 0.383 e. The quantitative estimate of drug-likeness (QED) is 0.717. The van der Waals surface area contributed by atoms with Gasteiger partial charge >= 0.3 is 0 Å². The highest BCUT2D eigenvalue weighted by Gasteiger charge is 2.19. The lowest BCUT2D eigenvalue weighted by molar-refractivity contribution is 0.0890. The Morgan fingerprint density at radius 3 is 2.67 bits per heavy atom. The number of carbonyl (C=O) groups excluding carboxylic acids is 1. The zero-order valence-corrected chi connectivity index (χ0v) is 14.9. The van der Waals surface area contributed by atoms with E-state index >= 15 is 0 Å². The number of nitrogens with one attached hydrogen (secondary N) is 1. The van der Waals surface area contributed by atoms with Crippen LogP contribution in [0.4, 0.5) is 0 Å². The van der Waals surface area contributed by atoms with Crippen LogP contribution in [0.25, 0.3) is 0 Å². The van der Waals surface area contributed by atoms with Crippen molar-refractivity contribution < 1.29 is 17.9 Å². The van der Waals surface area contributed by atoms with E-state index in [1.807, 2.05) is 6.92 Å². The number of halogens is 2. The summed E-state index contributed by atoms with van der Waals surface area (Å²) in [6, 6.07) is 3.94. The van der Waals surface area contributed by atoms with Crippen LogP contribution in [0.15, 0.2) is 27.6 Å². The van der Waals surface area contributed by atoms with Crippen LogP contribution >= 0.6 is 26.6 Å². The van der Waals surface area contributed by atoms with E-state index in [-0.39, 0.29) is 22.4 Å². The second-order valence-electron chi connectivity index (χ2n) is 4.49. The van der Waals surface area contributed by atoms with Crippen molar-refractivity contribution in [1.82, 2.24) is 5.32 Å². The third kappa shape index (κ3) is 5.58. The molecule has 118 valence electrons. The first-order valence-corrected chi connectivity index (χ1v) is 9.43. The van der Waals surface area contributed by atoms with Gasteiger partial charge in [-0.2, -0.15) is 0 Å². The highest BCUT2D eigenvalue weighted by atomic mass is 79.9. The maximum absolute atomic E-state index is 12.3. The second kappa shape index (κ2) is 8.12. The van der Waals surface area contributed by atoms with Crippen LogP contribution in [0.5, 0.6) is 0 Å². The lowest BCUT2D eigenvalue weighted by Gasteiger charge is -2.17. The number of hydrogen-bond acceptors (Lipinski definition) is 4. The Hall–Kier alpha value is -0.630. The van der Waals surface area contributed by atoms with E-state index in [1.165, 1.54) is 18.2 Å². The lowest BCUT2D eigenvalue weighted by atomic mass is 10.1. The van der Waals surface area contributed by atoms with Gasteiger partial charge < -0.3 is 10.1 Å². The molecule has 0 saturated carbocycles. The molecule has 1 aromatic rings. The highest BCUT2D eigenvalue weighted by Crippen LogP contribution is 2.23. The second-order valence-corrected chi connectivity index (χ2v) is 7.91. The van der Waals surface area contributed by atoms with E-state index < -0.39 is 9.05 Å². The third-order valence-corrected chi connectivity index (χ3v) is 4.85. The first-order valence-electron chi connectivity index (χ1n) is 6.33. The predicted molar refractivity (Wildman–Crippen MR) is 85.2 cm³/mol. The van der Waals surface area contributed by atoms with E-state index in [4.69, 9.17) is 15.4 Å². The molecule has 0 saturated heterocycles. The van der Waals surface area contributed by atoms with Gasteiger partial charge in [-0.15, -0.1) is 0 Å². The Labute approximate surface area is 137 Å². The van der Waals surface area contributed by atoms with Crippen molar-refractivity contribution in [3.8, 4) is 0 Å². The molecule has 0 aromatic heterocycles. The van der Waals surface area contributed by atoms with Gasteiger partial charge in [0.2, 0.25) is 0 Å². The van der Waals surface area contributed by atoms with Crippen molar-refractivity contribution in [2.24, 2.45) is 0 Å². The number of rotatable bonds is 7. The molecule has 0 fully saturated rings. The summed E-state index contributed by atoms with van der Waals surface area (Å²) in [5, 5.41) is 2.82. The number of methoxy groups -OCH3 is 1. The molecule has 0 spiro atoms. The van der Waals surface area contributed by atoms with E-state index in [9.17, 15) is 13.2 Å². The van der Waals surface area contributed by atoms with Gasteiger partial charge in [0.1, 0.15) is 0 Å². The maximum Gasteiger partial charge on any atom is 0.261 e. The fourth-order valence-corrected chi connectivity index (χ4v) is 3.04. The zero-order valence-electron chi connectivity index (χ0n) is 11.7. The van der Waals surface area contributed by atoms with Gasteiger partial charge in [-0.3, -0.25) is 4.79 Å². The van der Waals surface area contributed by atoms with Gasteiger partial charge in [-0.25, -0.2) is 8.42 Å². The summed E-state index contributed by atoms with van der Waals surface area (Å²) in [7, 11) is 2.98. The van der Waals surface area contributed by atoms with Crippen molar-refractivity contribution in [1.29, 1.82) is 0 Å². The number of hydrogen-bond donors (Lipinski definition) is 1. The van der Waals surface area contributed by atoms with Gasteiger partial charge in [-0.05, 0) is 40.5 Å². The minimum absolute atomic E-state index is 0.115. The summed E-state index contributed by atoms with van der Waals surface area (Å²) < 4.78 is 28.2. The van der Waals surface area contributed by atoms with Crippen LogP contribution < -0.4 is 5.32 Å². The van der Waals surface area contributed by atoms with Crippen LogP contribution in [0, 0.1) is 0 Å². The molecule has 1 amide bonds. The molecule has 0 aliphatic rings. The van der Waals surface area contributed by atoms with E-state index in [0.717, 1.165) is 12.8 Å². The first kappa shape index (κ1) is 18.4. The molecule has 1 rings (SSSR count). The normalized spacial score (nSPS) is 13.0. The Bertz CT molecular complexity index is 600. The molecule has 8 heteroatoms. The molecule has 1 atom stereocenters. The van der Waals surface area contributed by atoms with Gasteiger partial charge in [0.15, 0.2) is 0 Å². The average Bonchev–Trinajstić information content (AvgIpc) is 2.38. The van der Waals surface area contributed by atoms with Crippen LogP contribution in [0.2, 0.25) is 0 Å². The maximum atomic E-state index is 12.3. The number of ether oxygens (including phenoxy) is 1. The molecular weight excluding hydrogens is 382 g/mol. The molecule has 21 heavy (non-hydrogen) atoms. The van der Waals surface area contributed by atoms with Gasteiger partial charge in [0, 0.05) is 22.3 Å². The summed E-state index contributed by atoms with van der Waals surface area (Å²) in [6.07, 6.45) is 1.66. The summed E-state index contributed by atoms with van der Waals surface area (Å²) in [5.41, 5.74) is 0.217. The van der Waals surface area contributed by atoms with Crippen LogP contribution in [0.3, 0.4) is 0 Å². The summed E-state index contributed by atoms with van der Waals surface area (Å²) in [6.45, 7) is 2.40. The van der Waals surface area contributed by atoms with Crippen molar-refractivity contribution in [2.45, 2.75) is 30.7 Å². The minimum atomic E-state index is -3.88. The number of carbonyl (C=O) groups is 1. The number of benzene rings is 1. The Kier molecular flexibility index (Phi) is 7.12. The van der Waals surface area contributed by atoms with E-state index in [0.29, 0.717) is 11.1 Å². The molecule has 0 bridgehead atoms. The first-order chi connectivity index (χ1) is 9.79. The fraction of sp³-hybridized carbons (Fsp3) is 0.462. The summed E-state index contributed by atoms with van der Waals surface area (Å²) >= 11 is 3.24. The van der Waals surface area contributed by atoms with E-state index in [1.54, 1.807) is 7.11 Å². The SMILES string of the molecule is CCCC(COC)NC(=O)c1cc(S(=O)(=O)Cl)ccc1Br. The molecule has 0 heterocycles. The molecule has 5 nitrogen and oxygen atoms in total. The molecular formula is C13H17BrClNO4S. The molecule has 1 aromatic carbocycles. The Morgan fingerprint density at radius 2 is 2.14 bits per heavy atom. The number of amides is 1. The highest BCUT2D eigenvalue weighted by molar-refractivity contribution is 9.10. The molecule has 0 aliphatic carbocycles. The molecule has 1 unspecified atom stereocenters. The Morgan fingerprint density at radius 1 is 1.48 bits per heavy atom. The molecule has 0 radical (unpaired) electrons. The average molecular weight is 399 g/mol. The summed E-state index contributed by atoms with van der Waals surface area (Å²) in [4.78, 5) is 12.2. The van der Waals surface area contributed by atoms with Crippen LogP contribution in [0.1, 0.15) is 30.1 Å². The smallest absolute Gasteiger partial charge is 0.261 e. The van der Waals surface area contributed by atoms with Crippen molar-refractivity contribution in [3.05, 3.63) is 28.2 Å². The topological polar surface area (TPSA) is 72.5 Å². The summed E-state index contributed by atoms with van der Waals surface area (Å²) in [5.74, 6) is -0.375. The van der Waals surface area contributed by atoms with Gasteiger partial charge in [0.25, 0.3) is 15.0 Å². The van der Waals surface area contributed by atoms with Gasteiger partial charge in [-0.1, -0.05) is 13.3 Å². The van der Waals surface area contributed by atoms with Crippen LogP contribution in [-0.4, -0.2) is 34.1 Å². The van der Waals surface area contributed by atoms with Gasteiger partial charge in [0.05, 0.1) is 23.1 Å². The van der Waals surface area contributed by atoms with E-state index in [2.05, 4.69) is 21.2 Å². The molecule has 0 aliphatic heterocycles. The van der Waals surface area contributed by atoms with Crippen molar-refractivity contribution in [3.63, 3.8) is 0 Å². The molecule has 1 N–H and O–H groups in total. The third-order valence-electron chi connectivity index (χ3n) is 2.80. The standard InChI is InChI=1S/C13H17BrClNO4S/c1-3-4-9(8-20-2)16-13(17)11-7-10(21(15,18)19)5-6-12(11)14/h5-7,9H,3-4,8H2,1-2H3,(H,16,17). The predicted octanol–water partition coefficient (Wildman–Crippen LogP) is 2.92. The Balaban J connectivity index is 3.01. The van der Waals surface area contributed by atoms with Crippen molar-refractivity contribution >= 4 is 41.6 Å². The monoisotopic (exact) mass is 397 g/mol. The minimum Gasteiger partial charge on any atom is -0.383 e. The zero-order chi connectivity index (χ0) is 16.0. The van der Waals surface area contributed by atoms with Crippen molar-refractivity contribution in [2.75, 3.05) is 13.7 Å².